The zero-order valence-electron chi connectivity index (χ0n) is 34.7. The van der Waals surface area contributed by atoms with Crippen molar-refractivity contribution in [2.75, 3.05) is 0 Å². The predicted octanol–water partition coefficient (Wildman–Crippen LogP) is 15.7. The van der Waals surface area contributed by atoms with E-state index in [2.05, 4.69) is 228 Å². The predicted molar refractivity (Wildman–Crippen MR) is 264 cm³/mol. The van der Waals surface area contributed by atoms with Crippen LogP contribution in [-0.2, 0) is 0 Å². The molecule has 300 valence electrons. The van der Waals surface area contributed by atoms with Gasteiger partial charge in [-0.2, -0.15) is 0 Å². The first-order valence-corrected chi connectivity index (χ1v) is 22.1. The van der Waals surface area contributed by atoms with Gasteiger partial charge in [0.05, 0.1) is 22.1 Å². The summed E-state index contributed by atoms with van der Waals surface area (Å²) in [6.07, 6.45) is 6.86. The number of hydrogen-bond acceptors (Lipinski definition) is 2. The number of fused-ring (bicyclic) bond motifs is 12. The van der Waals surface area contributed by atoms with Crippen LogP contribution in [0.1, 0.15) is 11.5 Å². The van der Waals surface area contributed by atoms with E-state index in [4.69, 9.17) is 9.15 Å². The summed E-state index contributed by atoms with van der Waals surface area (Å²) in [5.41, 5.74) is 17.2. The molecule has 9 aromatic carbocycles. The summed E-state index contributed by atoms with van der Waals surface area (Å²) in [6, 6.07) is 72.4. The molecule has 4 heterocycles. The molecule has 14 rings (SSSR count). The Kier molecular flexibility index (Phi) is 7.48. The minimum atomic E-state index is -0.0214. The number of hydrogen-bond donors (Lipinski definition) is 0. The monoisotopic (exact) mass is 818 g/mol. The second kappa shape index (κ2) is 13.6. The lowest BCUT2D eigenvalue weighted by molar-refractivity contribution is 0.269. The van der Waals surface area contributed by atoms with E-state index in [9.17, 15) is 0 Å². The van der Waals surface area contributed by atoms with Crippen LogP contribution in [0.4, 0.5) is 0 Å². The fourth-order valence-electron chi connectivity index (χ4n) is 10.6. The molecular weight excluding hydrogens is 781 g/mol. The molecular formula is C60H38N2O2. The van der Waals surface area contributed by atoms with E-state index < -0.39 is 0 Å². The van der Waals surface area contributed by atoms with E-state index in [0.717, 1.165) is 39.1 Å². The number of allylic oxidation sites excluding steroid dienone is 2. The SMILES string of the molecule is C1=CC2Oc3ccc(-c4ccccc4)cc3C2C=C1n1c2ccccc2c2cc(-c3ccc4c(c3)c3ccccc3n4-c3ccc4oc5ccc(-c6ccccc6)cc5c4c3)ccc21. The van der Waals surface area contributed by atoms with Crippen LogP contribution in [0.15, 0.2) is 223 Å². The van der Waals surface area contributed by atoms with E-state index >= 15 is 0 Å². The molecule has 0 spiro atoms. The van der Waals surface area contributed by atoms with E-state index in [1.165, 1.54) is 82.6 Å². The van der Waals surface area contributed by atoms with Gasteiger partial charge in [0.1, 0.15) is 23.0 Å². The van der Waals surface area contributed by atoms with E-state index in [-0.39, 0.29) is 12.0 Å². The first-order chi connectivity index (χ1) is 31.7. The number of furan rings is 1. The van der Waals surface area contributed by atoms with Gasteiger partial charge in [-0.15, -0.1) is 0 Å². The van der Waals surface area contributed by atoms with Gasteiger partial charge in [-0.25, -0.2) is 0 Å². The van der Waals surface area contributed by atoms with Gasteiger partial charge >= 0.3 is 0 Å². The molecule has 4 nitrogen and oxygen atoms in total. The van der Waals surface area contributed by atoms with Crippen LogP contribution in [-0.4, -0.2) is 15.2 Å². The van der Waals surface area contributed by atoms with Crippen molar-refractivity contribution in [1.82, 2.24) is 9.13 Å². The van der Waals surface area contributed by atoms with Crippen molar-refractivity contribution in [3.8, 4) is 44.8 Å². The maximum Gasteiger partial charge on any atom is 0.135 e. The Balaban J connectivity index is 0.870. The minimum absolute atomic E-state index is 0.0214. The standard InChI is InChI=1S/C60H38N2O2/c1-3-11-37(12-4-1)39-21-27-57-49(33-39)51-35-43(23-29-59(51)63-57)61-53-17-9-7-15-45(53)47-31-41(19-25-55(47)61)42-20-26-56-48(32-42)46-16-8-10-18-54(46)62(56)44-24-30-60-52(36-44)50-34-40(22-28-58(50)64-60)38-13-5-2-6-14-38/h1-36,51,59H. The fraction of sp³-hybridized carbons (Fsp3) is 0.0333. The van der Waals surface area contributed by atoms with Crippen LogP contribution < -0.4 is 4.74 Å². The quantitative estimate of drug-likeness (QED) is 0.173. The van der Waals surface area contributed by atoms with Crippen molar-refractivity contribution in [3.05, 3.63) is 224 Å². The summed E-state index contributed by atoms with van der Waals surface area (Å²) in [7, 11) is 0. The summed E-state index contributed by atoms with van der Waals surface area (Å²) in [6.45, 7) is 0. The minimum Gasteiger partial charge on any atom is -0.485 e. The highest BCUT2D eigenvalue weighted by Crippen LogP contribution is 2.46. The second-order valence-electron chi connectivity index (χ2n) is 17.2. The maximum absolute atomic E-state index is 6.49. The largest absolute Gasteiger partial charge is 0.485 e. The summed E-state index contributed by atoms with van der Waals surface area (Å²) in [4.78, 5) is 0. The molecule has 1 aliphatic heterocycles. The molecule has 1 aliphatic carbocycles. The number of ether oxygens (including phenoxy) is 1. The molecule has 2 aliphatic rings. The maximum atomic E-state index is 6.49. The van der Waals surface area contributed by atoms with Crippen molar-refractivity contribution in [2.24, 2.45) is 0 Å². The van der Waals surface area contributed by atoms with Gasteiger partial charge in [-0.1, -0.05) is 121 Å². The van der Waals surface area contributed by atoms with Crippen molar-refractivity contribution >= 4 is 71.2 Å². The average molecular weight is 819 g/mol. The summed E-state index contributed by atoms with van der Waals surface area (Å²) in [5, 5.41) is 7.15. The number of nitrogens with zero attached hydrogens (tertiary/aromatic N) is 2. The van der Waals surface area contributed by atoms with Gasteiger partial charge in [0.2, 0.25) is 0 Å². The smallest absolute Gasteiger partial charge is 0.135 e. The van der Waals surface area contributed by atoms with Crippen LogP contribution in [0.3, 0.4) is 0 Å². The molecule has 12 aromatic rings. The molecule has 2 atom stereocenters. The van der Waals surface area contributed by atoms with Crippen LogP contribution in [0.5, 0.6) is 5.75 Å². The summed E-state index contributed by atoms with van der Waals surface area (Å²) >= 11 is 0. The van der Waals surface area contributed by atoms with Crippen molar-refractivity contribution in [1.29, 1.82) is 0 Å². The number of benzene rings is 9. The highest BCUT2D eigenvalue weighted by atomic mass is 16.5. The Bertz CT molecular complexity index is 3940. The third kappa shape index (κ3) is 5.29. The van der Waals surface area contributed by atoms with Gasteiger partial charge < -0.3 is 18.3 Å². The number of para-hydroxylation sites is 2. The van der Waals surface area contributed by atoms with E-state index in [1.807, 2.05) is 0 Å². The van der Waals surface area contributed by atoms with Crippen LogP contribution >= 0.6 is 0 Å². The third-order valence-corrected chi connectivity index (χ3v) is 13.7. The first kappa shape index (κ1) is 35.3. The molecule has 2 unspecified atom stereocenters. The zero-order valence-corrected chi connectivity index (χ0v) is 34.7. The van der Waals surface area contributed by atoms with Gasteiger partial charge in [0.15, 0.2) is 0 Å². The molecule has 0 fully saturated rings. The highest BCUT2D eigenvalue weighted by molar-refractivity contribution is 6.14. The van der Waals surface area contributed by atoms with E-state index in [1.54, 1.807) is 0 Å². The molecule has 0 saturated carbocycles. The first-order valence-electron chi connectivity index (χ1n) is 22.1. The van der Waals surface area contributed by atoms with Crippen molar-refractivity contribution in [2.45, 2.75) is 12.0 Å². The molecule has 0 radical (unpaired) electrons. The van der Waals surface area contributed by atoms with Gasteiger partial charge in [-0.05, 0) is 130 Å². The molecule has 0 saturated heterocycles. The second-order valence-corrected chi connectivity index (χ2v) is 17.2. The Morgan fingerprint density at radius 1 is 0.375 bits per heavy atom. The molecule has 0 amide bonds. The summed E-state index contributed by atoms with van der Waals surface area (Å²) in [5.74, 6) is 1.09. The summed E-state index contributed by atoms with van der Waals surface area (Å²) < 4.78 is 17.7. The number of rotatable bonds is 5. The van der Waals surface area contributed by atoms with Crippen LogP contribution in [0.2, 0.25) is 0 Å². The molecule has 64 heavy (non-hydrogen) atoms. The molecule has 3 aromatic heterocycles. The average Bonchev–Trinajstić information content (AvgIpc) is 4.11. The molecule has 0 bridgehead atoms. The Labute approximate surface area is 368 Å². The van der Waals surface area contributed by atoms with Gasteiger partial charge in [-0.3, -0.25) is 0 Å². The molecule has 0 N–H and O–H groups in total. The lowest BCUT2D eigenvalue weighted by atomic mass is 9.89. The topological polar surface area (TPSA) is 32.2 Å². The Morgan fingerprint density at radius 2 is 0.891 bits per heavy atom. The number of aromatic nitrogens is 2. The van der Waals surface area contributed by atoms with E-state index in [0.29, 0.717) is 0 Å². The van der Waals surface area contributed by atoms with Crippen molar-refractivity contribution in [3.63, 3.8) is 0 Å². The highest BCUT2D eigenvalue weighted by Gasteiger charge is 2.34. The lowest BCUT2D eigenvalue weighted by Gasteiger charge is -2.20. The van der Waals surface area contributed by atoms with Gasteiger partial charge in [0.25, 0.3) is 0 Å². The van der Waals surface area contributed by atoms with Crippen molar-refractivity contribution < 1.29 is 9.15 Å². The molecule has 4 heteroatoms. The van der Waals surface area contributed by atoms with Crippen LogP contribution in [0.25, 0.3) is 110 Å². The Morgan fingerprint density at radius 3 is 1.59 bits per heavy atom. The fourth-order valence-corrected chi connectivity index (χ4v) is 10.6. The third-order valence-electron chi connectivity index (χ3n) is 13.7. The lowest BCUT2D eigenvalue weighted by Crippen LogP contribution is -2.18. The normalized spacial score (nSPS) is 15.7. The van der Waals surface area contributed by atoms with Gasteiger partial charge in [0, 0.05) is 55.2 Å². The Hall–Kier alpha value is -8.34. The zero-order chi connectivity index (χ0) is 41.9. The van der Waals surface area contributed by atoms with Crippen LogP contribution in [0, 0.1) is 0 Å².